The van der Waals surface area contributed by atoms with E-state index in [9.17, 15) is 17.6 Å². The zero-order chi connectivity index (χ0) is 20.1. The average molecular weight is 400 g/mol. The molecule has 0 bridgehead atoms. The first kappa shape index (κ1) is 19.4. The highest BCUT2D eigenvalue weighted by molar-refractivity contribution is 7.92. The Hall–Kier alpha value is -3.39. The largest absolute Gasteiger partial charge is 0.495 e. The number of nitrogens with one attached hydrogen (secondary N) is 2. The number of ether oxygens (including phenoxy) is 1. The fraction of sp³-hybridized carbons (Fsp3) is 0.0500. The summed E-state index contributed by atoms with van der Waals surface area (Å²) in [6.45, 7) is 0. The van der Waals surface area contributed by atoms with Crippen molar-refractivity contribution in [3.8, 4) is 5.75 Å². The predicted octanol–water partition coefficient (Wildman–Crippen LogP) is 3.89. The molecular weight excluding hydrogens is 383 g/mol. The van der Waals surface area contributed by atoms with Gasteiger partial charge in [0.15, 0.2) is 0 Å². The molecule has 3 aromatic carbocycles. The van der Waals surface area contributed by atoms with Crippen LogP contribution in [0.1, 0.15) is 10.4 Å². The van der Waals surface area contributed by atoms with Crippen molar-refractivity contribution in [2.75, 3.05) is 17.1 Å². The van der Waals surface area contributed by atoms with Gasteiger partial charge < -0.3 is 10.1 Å². The lowest BCUT2D eigenvalue weighted by molar-refractivity contribution is 0.102. The third-order valence-electron chi connectivity index (χ3n) is 3.88. The highest BCUT2D eigenvalue weighted by Gasteiger charge is 2.18. The molecule has 0 spiro atoms. The van der Waals surface area contributed by atoms with Crippen molar-refractivity contribution in [1.82, 2.24) is 0 Å². The Balaban J connectivity index is 1.86. The molecule has 144 valence electrons. The van der Waals surface area contributed by atoms with Crippen LogP contribution in [0.5, 0.6) is 5.75 Å². The maximum atomic E-state index is 13.7. The van der Waals surface area contributed by atoms with Crippen LogP contribution < -0.4 is 14.8 Å². The SMILES string of the molecule is COc1ccccc1NS(=O)(=O)c1cccc(C(=O)Nc2ccccc2F)c1. The minimum atomic E-state index is -3.97. The van der Waals surface area contributed by atoms with Crippen LogP contribution >= 0.6 is 0 Å². The van der Waals surface area contributed by atoms with Gasteiger partial charge in [-0.05, 0) is 42.5 Å². The zero-order valence-corrected chi connectivity index (χ0v) is 15.7. The Kier molecular flexibility index (Phi) is 5.60. The molecule has 0 radical (unpaired) electrons. The average Bonchev–Trinajstić information content (AvgIpc) is 2.70. The van der Waals surface area contributed by atoms with Gasteiger partial charge in [-0.2, -0.15) is 0 Å². The molecule has 0 aliphatic carbocycles. The van der Waals surface area contributed by atoms with E-state index < -0.39 is 21.7 Å². The van der Waals surface area contributed by atoms with Crippen LogP contribution in [0.15, 0.2) is 77.7 Å². The summed E-state index contributed by atoms with van der Waals surface area (Å²) in [6.07, 6.45) is 0. The Morgan fingerprint density at radius 2 is 1.61 bits per heavy atom. The first-order valence-corrected chi connectivity index (χ1v) is 9.71. The van der Waals surface area contributed by atoms with Crippen LogP contribution in [0.25, 0.3) is 0 Å². The van der Waals surface area contributed by atoms with Gasteiger partial charge in [-0.3, -0.25) is 9.52 Å². The van der Waals surface area contributed by atoms with E-state index in [-0.39, 0.29) is 21.8 Å². The highest BCUT2D eigenvalue weighted by atomic mass is 32.2. The third-order valence-corrected chi connectivity index (χ3v) is 5.24. The monoisotopic (exact) mass is 400 g/mol. The van der Waals surface area contributed by atoms with Crippen LogP contribution in [0, 0.1) is 5.82 Å². The second-order valence-electron chi connectivity index (χ2n) is 5.77. The molecule has 6 nitrogen and oxygen atoms in total. The van der Waals surface area contributed by atoms with Crippen LogP contribution in [0.3, 0.4) is 0 Å². The van der Waals surface area contributed by atoms with E-state index >= 15 is 0 Å². The molecule has 0 aliphatic heterocycles. The number of anilines is 2. The van der Waals surface area contributed by atoms with Gasteiger partial charge in [-0.15, -0.1) is 0 Å². The zero-order valence-electron chi connectivity index (χ0n) is 14.8. The fourth-order valence-electron chi connectivity index (χ4n) is 2.49. The molecule has 0 saturated carbocycles. The van der Waals surface area contributed by atoms with E-state index in [1.807, 2.05) is 0 Å². The quantitative estimate of drug-likeness (QED) is 0.658. The van der Waals surface area contributed by atoms with Gasteiger partial charge in [0.05, 0.1) is 23.4 Å². The molecule has 3 aromatic rings. The Morgan fingerprint density at radius 3 is 2.32 bits per heavy atom. The molecule has 0 aliphatic rings. The molecule has 0 unspecified atom stereocenters. The predicted molar refractivity (Wildman–Crippen MR) is 105 cm³/mol. The number of benzene rings is 3. The first-order valence-electron chi connectivity index (χ1n) is 8.22. The molecule has 0 heterocycles. The lowest BCUT2D eigenvalue weighted by Gasteiger charge is -2.12. The topological polar surface area (TPSA) is 84.5 Å². The molecule has 1 amide bonds. The van der Waals surface area contributed by atoms with E-state index in [1.165, 1.54) is 49.6 Å². The number of carbonyl (C=O) groups excluding carboxylic acids is 1. The molecule has 2 N–H and O–H groups in total. The van der Waals surface area contributed by atoms with E-state index in [4.69, 9.17) is 4.74 Å². The Labute approximate surface area is 162 Å². The summed E-state index contributed by atoms with van der Waals surface area (Å²) in [5, 5.41) is 2.42. The van der Waals surface area contributed by atoms with E-state index in [2.05, 4.69) is 10.0 Å². The first-order chi connectivity index (χ1) is 13.4. The lowest BCUT2D eigenvalue weighted by Crippen LogP contribution is -2.16. The number of methoxy groups -OCH3 is 1. The second kappa shape index (κ2) is 8.10. The molecule has 0 fully saturated rings. The van der Waals surface area contributed by atoms with Crippen LogP contribution in [-0.2, 0) is 10.0 Å². The van der Waals surface area contributed by atoms with Gasteiger partial charge in [-0.25, -0.2) is 12.8 Å². The van der Waals surface area contributed by atoms with Crippen LogP contribution in [0.2, 0.25) is 0 Å². The van der Waals surface area contributed by atoms with Gasteiger partial charge in [0, 0.05) is 5.56 Å². The number of halogens is 1. The molecule has 0 aromatic heterocycles. The van der Waals surface area contributed by atoms with Crippen LogP contribution in [-0.4, -0.2) is 21.4 Å². The number of para-hydroxylation sites is 3. The fourth-order valence-corrected chi connectivity index (χ4v) is 3.61. The van der Waals surface area contributed by atoms with E-state index in [0.29, 0.717) is 5.75 Å². The number of hydrogen-bond acceptors (Lipinski definition) is 4. The summed E-state index contributed by atoms with van der Waals surface area (Å²) in [5.74, 6) is -0.851. The summed E-state index contributed by atoms with van der Waals surface area (Å²) in [4.78, 5) is 12.3. The van der Waals surface area contributed by atoms with Crippen molar-refractivity contribution >= 4 is 27.3 Å². The van der Waals surface area contributed by atoms with Crippen molar-refractivity contribution in [3.63, 3.8) is 0 Å². The summed E-state index contributed by atoms with van der Waals surface area (Å²) >= 11 is 0. The second-order valence-corrected chi connectivity index (χ2v) is 7.45. The summed E-state index contributed by atoms with van der Waals surface area (Å²) in [5.41, 5.74) is 0.352. The lowest BCUT2D eigenvalue weighted by atomic mass is 10.2. The highest BCUT2D eigenvalue weighted by Crippen LogP contribution is 2.26. The van der Waals surface area contributed by atoms with Crippen molar-refractivity contribution in [2.24, 2.45) is 0 Å². The Morgan fingerprint density at radius 1 is 0.929 bits per heavy atom. The summed E-state index contributed by atoms with van der Waals surface area (Å²) in [6, 6.07) is 17.7. The van der Waals surface area contributed by atoms with E-state index in [0.717, 1.165) is 0 Å². The Bertz CT molecular complexity index is 1120. The number of amides is 1. The minimum Gasteiger partial charge on any atom is -0.495 e. The summed E-state index contributed by atoms with van der Waals surface area (Å²) in [7, 11) is -2.54. The van der Waals surface area contributed by atoms with Gasteiger partial charge in [-0.1, -0.05) is 30.3 Å². The van der Waals surface area contributed by atoms with Gasteiger partial charge in [0.25, 0.3) is 15.9 Å². The van der Waals surface area contributed by atoms with Gasteiger partial charge in [0.1, 0.15) is 11.6 Å². The van der Waals surface area contributed by atoms with Crippen molar-refractivity contribution in [3.05, 3.63) is 84.2 Å². The number of hydrogen-bond donors (Lipinski definition) is 2. The van der Waals surface area contributed by atoms with Crippen LogP contribution in [0.4, 0.5) is 15.8 Å². The number of sulfonamides is 1. The molecule has 0 saturated heterocycles. The molecule has 28 heavy (non-hydrogen) atoms. The van der Waals surface area contributed by atoms with Gasteiger partial charge >= 0.3 is 0 Å². The van der Waals surface area contributed by atoms with Crippen molar-refractivity contribution in [2.45, 2.75) is 4.90 Å². The standard InChI is InChI=1S/C20H17FN2O4S/c1-27-19-12-5-4-11-18(19)23-28(25,26)15-8-6-7-14(13-15)20(24)22-17-10-3-2-9-16(17)21/h2-13,23H,1H3,(H,22,24). The van der Waals surface area contributed by atoms with Crippen molar-refractivity contribution < 1.29 is 22.3 Å². The van der Waals surface area contributed by atoms with Gasteiger partial charge in [0.2, 0.25) is 0 Å². The molecular formula is C20H17FN2O4S. The number of carbonyl (C=O) groups is 1. The molecule has 8 heteroatoms. The molecule has 3 rings (SSSR count). The van der Waals surface area contributed by atoms with Crippen molar-refractivity contribution in [1.29, 1.82) is 0 Å². The smallest absolute Gasteiger partial charge is 0.262 e. The number of rotatable bonds is 6. The normalized spacial score (nSPS) is 10.9. The minimum absolute atomic E-state index is 0.00732. The maximum Gasteiger partial charge on any atom is 0.262 e. The third kappa shape index (κ3) is 4.29. The molecule has 0 atom stereocenters. The van der Waals surface area contributed by atoms with E-state index in [1.54, 1.807) is 30.3 Å². The maximum absolute atomic E-state index is 13.7. The summed E-state index contributed by atoms with van der Waals surface area (Å²) < 4.78 is 46.7.